The molecule has 142 valence electrons. The van der Waals surface area contributed by atoms with Gasteiger partial charge in [-0.05, 0) is 32.9 Å². The number of rotatable bonds is 2. The Morgan fingerprint density at radius 2 is 1.96 bits per heavy atom. The minimum Gasteiger partial charge on any atom is -0.444 e. The van der Waals surface area contributed by atoms with Crippen molar-refractivity contribution in [3.05, 3.63) is 18.3 Å². The molecule has 2 aliphatic rings. The van der Waals surface area contributed by atoms with E-state index in [0.717, 1.165) is 11.5 Å². The molecule has 0 aromatic carbocycles. The maximum Gasteiger partial charge on any atom is 0.410 e. The normalized spacial score (nSPS) is 21.3. The first-order chi connectivity index (χ1) is 12.2. The maximum absolute atomic E-state index is 12.2. The van der Waals surface area contributed by atoms with Crippen molar-refractivity contribution in [2.75, 3.05) is 42.5 Å². The van der Waals surface area contributed by atoms with Gasteiger partial charge in [0.2, 0.25) is 5.91 Å². The summed E-state index contributed by atoms with van der Waals surface area (Å²) in [4.78, 5) is 34.5. The number of carbonyl (C=O) groups excluding carboxylic acids is 2. The van der Waals surface area contributed by atoms with Crippen LogP contribution in [0.1, 0.15) is 27.2 Å². The molecule has 2 saturated heterocycles. The monoisotopic (exact) mass is 361 g/mol. The quantitative estimate of drug-likeness (QED) is 0.851. The number of ether oxygens (including phenoxy) is 1. The van der Waals surface area contributed by atoms with Crippen LogP contribution in [0.4, 0.5) is 16.3 Å². The number of nitrogens with two attached hydrogens (primary N) is 1. The van der Waals surface area contributed by atoms with Gasteiger partial charge in [0.05, 0.1) is 5.69 Å². The summed E-state index contributed by atoms with van der Waals surface area (Å²) in [5.74, 6) is 0.790. The molecule has 2 aliphatic heterocycles. The van der Waals surface area contributed by atoms with Gasteiger partial charge in [0.25, 0.3) is 0 Å². The van der Waals surface area contributed by atoms with E-state index < -0.39 is 5.60 Å². The van der Waals surface area contributed by atoms with E-state index in [4.69, 9.17) is 10.5 Å². The summed E-state index contributed by atoms with van der Waals surface area (Å²) in [5, 5.41) is 0. The van der Waals surface area contributed by atoms with Crippen LogP contribution in [0.15, 0.2) is 18.3 Å². The van der Waals surface area contributed by atoms with Crippen molar-refractivity contribution in [2.45, 2.75) is 38.8 Å². The zero-order chi connectivity index (χ0) is 18.9. The lowest BCUT2D eigenvalue weighted by molar-refractivity contribution is -0.117. The van der Waals surface area contributed by atoms with Gasteiger partial charge in [0.15, 0.2) is 5.82 Å². The summed E-state index contributed by atoms with van der Waals surface area (Å²) >= 11 is 0. The first-order valence-electron chi connectivity index (χ1n) is 8.98. The molecule has 2 N–H and O–H groups in total. The second kappa shape index (κ2) is 7.11. The molecule has 3 heterocycles. The van der Waals surface area contributed by atoms with Crippen molar-refractivity contribution in [3.8, 4) is 0 Å². The third-order valence-electron chi connectivity index (χ3n) is 4.44. The molecule has 0 radical (unpaired) electrons. The van der Waals surface area contributed by atoms with Crippen molar-refractivity contribution < 1.29 is 14.3 Å². The molecule has 2 amide bonds. The van der Waals surface area contributed by atoms with E-state index >= 15 is 0 Å². The van der Waals surface area contributed by atoms with Gasteiger partial charge in [-0.2, -0.15) is 0 Å². The van der Waals surface area contributed by atoms with Crippen LogP contribution in [0.2, 0.25) is 0 Å². The third kappa shape index (κ3) is 4.07. The first kappa shape index (κ1) is 18.4. The number of piperazine rings is 1. The highest BCUT2D eigenvalue weighted by atomic mass is 16.6. The zero-order valence-corrected chi connectivity index (χ0v) is 15.6. The number of nitrogens with zero attached hydrogens (tertiary/aromatic N) is 4. The number of aromatic nitrogens is 1. The highest BCUT2D eigenvalue weighted by Crippen LogP contribution is 2.30. The van der Waals surface area contributed by atoms with E-state index in [9.17, 15) is 9.59 Å². The predicted octanol–water partition coefficient (Wildman–Crippen LogP) is 1.20. The topological polar surface area (TPSA) is 92.0 Å². The molecular formula is C18H27N5O3. The molecule has 0 aliphatic carbocycles. The highest BCUT2D eigenvalue weighted by Gasteiger charge is 2.32. The van der Waals surface area contributed by atoms with Crippen molar-refractivity contribution in [2.24, 2.45) is 5.73 Å². The van der Waals surface area contributed by atoms with Gasteiger partial charge >= 0.3 is 6.09 Å². The highest BCUT2D eigenvalue weighted by molar-refractivity contribution is 5.98. The fraction of sp³-hybridized carbons (Fsp3) is 0.611. The van der Waals surface area contributed by atoms with Gasteiger partial charge < -0.3 is 25.2 Å². The summed E-state index contributed by atoms with van der Waals surface area (Å²) in [6.07, 6.45) is 1.79. The van der Waals surface area contributed by atoms with E-state index in [0.29, 0.717) is 39.1 Å². The fourth-order valence-corrected chi connectivity index (χ4v) is 3.24. The molecule has 1 aromatic heterocycles. The summed E-state index contributed by atoms with van der Waals surface area (Å²) in [7, 11) is 0. The molecular weight excluding hydrogens is 334 g/mol. The molecule has 0 saturated carbocycles. The van der Waals surface area contributed by atoms with E-state index in [1.807, 2.05) is 32.9 Å². The average Bonchev–Trinajstić information content (AvgIpc) is 2.92. The predicted molar refractivity (Wildman–Crippen MR) is 99.2 cm³/mol. The Bertz CT molecular complexity index is 680. The standard InChI is InChI=1S/C18H27N5O3/c1-18(2,3)26-17(25)22-9-7-21(8-10-22)16-14(5-4-6-20-16)23-12-13(19)11-15(23)24/h4-6,13H,7-12,19H2,1-3H3. The second-order valence-electron chi connectivity index (χ2n) is 7.77. The van der Waals surface area contributed by atoms with Crippen LogP contribution in [-0.4, -0.2) is 66.3 Å². The van der Waals surface area contributed by atoms with Gasteiger partial charge in [0.1, 0.15) is 5.60 Å². The van der Waals surface area contributed by atoms with Crippen LogP contribution in [0.3, 0.4) is 0 Å². The summed E-state index contributed by atoms with van der Waals surface area (Å²) < 4.78 is 5.44. The van der Waals surface area contributed by atoms with E-state index in [1.165, 1.54) is 0 Å². The molecule has 2 fully saturated rings. The Morgan fingerprint density at radius 1 is 1.27 bits per heavy atom. The fourth-order valence-electron chi connectivity index (χ4n) is 3.24. The number of hydrogen-bond acceptors (Lipinski definition) is 6. The lowest BCUT2D eigenvalue weighted by Crippen LogP contribution is -2.50. The Morgan fingerprint density at radius 3 is 2.54 bits per heavy atom. The molecule has 3 rings (SSSR count). The number of carbonyl (C=O) groups is 2. The van der Waals surface area contributed by atoms with Crippen LogP contribution >= 0.6 is 0 Å². The van der Waals surface area contributed by atoms with Crippen LogP contribution in [-0.2, 0) is 9.53 Å². The SMILES string of the molecule is CC(C)(C)OC(=O)N1CCN(c2ncccc2N2CC(N)CC2=O)CC1. The number of anilines is 2. The lowest BCUT2D eigenvalue weighted by Gasteiger charge is -2.37. The average molecular weight is 361 g/mol. The largest absolute Gasteiger partial charge is 0.444 e. The van der Waals surface area contributed by atoms with Crippen LogP contribution < -0.4 is 15.5 Å². The Balaban J connectivity index is 1.69. The van der Waals surface area contributed by atoms with Gasteiger partial charge in [-0.15, -0.1) is 0 Å². The molecule has 26 heavy (non-hydrogen) atoms. The van der Waals surface area contributed by atoms with Crippen molar-refractivity contribution in [1.29, 1.82) is 0 Å². The Hall–Kier alpha value is -2.35. The first-order valence-corrected chi connectivity index (χ1v) is 8.98. The second-order valence-corrected chi connectivity index (χ2v) is 7.77. The van der Waals surface area contributed by atoms with E-state index in [2.05, 4.69) is 9.88 Å². The van der Waals surface area contributed by atoms with E-state index in [1.54, 1.807) is 16.0 Å². The summed E-state index contributed by atoms with van der Waals surface area (Å²) in [6, 6.07) is 3.59. The Labute approximate surface area is 153 Å². The summed E-state index contributed by atoms with van der Waals surface area (Å²) in [5.41, 5.74) is 6.21. The van der Waals surface area contributed by atoms with Crippen LogP contribution in [0, 0.1) is 0 Å². The molecule has 1 atom stereocenters. The van der Waals surface area contributed by atoms with Gasteiger partial charge in [-0.3, -0.25) is 4.79 Å². The lowest BCUT2D eigenvalue weighted by atomic mass is 10.2. The molecule has 0 spiro atoms. The smallest absolute Gasteiger partial charge is 0.410 e. The van der Waals surface area contributed by atoms with E-state index in [-0.39, 0.29) is 18.0 Å². The minimum atomic E-state index is -0.503. The molecule has 8 nitrogen and oxygen atoms in total. The van der Waals surface area contributed by atoms with Gasteiger partial charge in [-0.25, -0.2) is 9.78 Å². The molecule has 1 aromatic rings. The molecule has 0 bridgehead atoms. The van der Waals surface area contributed by atoms with Gasteiger partial charge in [0, 0.05) is 51.4 Å². The van der Waals surface area contributed by atoms with Crippen molar-refractivity contribution in [3.63, 3.8) is 0 Å². The molecule has 8 heteroatoms. The minimum absolute atomic E-state index is 0.0270. The van der Waals surface area contributed by atoms with Crippen LogP contribution in [0.25, 0.3) is 0 Å². The van der Waals surface area contributed by atoms with Crippen molar-refractivity contribution in [1.82, 2.24) is 9.88 Å². The maximum atomic E-state index is 12.2. The number of pyridine rings is 1. The number of amides is 2. The van der Waals surface area contributed by atoms with Crippen LogP contribution in [0.5, 0.6) is 0 Å². The van der Waals surface area contributed by atoms with Gasteiger partial charge in [-0.1, -0.05) is 0 Å². The Kier molecular flexibility index (Phi) is 5.04. The zero-order valence-electron chi connectivity index (χ0n) is 15.6. The summed E-state index contributed by atoms with van der Waals surface area (Å²) in [6.45, 7) is 8.47. The van der Waals surface area contributed by atoms with Crippen molar-refractivity contribution >= 4 is 23.5 Å². The number of hydrogen-bond donors (Lipinski definition) is 1. The molecule has 1 unspecified atom stereocenters. The third-order valence-corrected chi connectivity index (χ3v) is 4.44.